The third kappa shape index (κ3) is 29.1. The van der Waals surface area contributed by atoms with Gasteiger partial charge in [0.05, 0.1) is 46.2 Å². The zero-order valence-corrected chi connectivity index (χ0v) is 22.1. The molecule has 7 nitrogen and oxygen atoms in total. The first-order chi connectivity index (χ1) is 16.0. The van der Waals surface area contributed by atoms with Crippen LogP contribution in [0.25, 0.3) is 0 Å². The van der Waals surface area contributed by atoms with Crippen molar-refractivity contribution < 1.29 is 28.5 Å². The lowest BCUT2D eigenvalue weighted by Gasteiger charge is -2.19. The summed E-state index contributed by atoms with van der Waals surface area (Å²) < 4.78 is 27.1. The largest absolute Gasteiger partial charge is 0.444 e. The number of unbranched alkanes of at least 4 members (excludes halogenated alkanes) is 10. The number of alkyl carbamates (subject to hydrolysis) is 1. The monoisotopic (exact) mass is 475 g/mol. The van der Waals surface area contributed by atoms with E-state index < -0.39 is 11.7 Å². The molecule has 0 saturated carbocycles. The van der Waals surface area contributed by atoms with Crippen LogP contribution in [0.3, 0.4) is 0 Å². The van der Waals surface area contributed by atoms with Crippen LogP contribution >= 0.6 is 0 Å². The number of hydrogen-bond acceptors (Lipinski definition) is 6. The van der Waals surface area contributed by atoms with Gasteiger partial charge in [-0.15, -0.1) is 0 Å². The Morgan fingerprint density at radius 2 is 0.970 bits per heavy atom. The van der Waals surface area contributed by atoms with E-state index in [1.807, 2.05) is 20.8 Å². The molecule has 1 amide bonds. The van der Waals surface area contributed by atoms with Crippen LogP contribution in [0, 0.1) is 0 Å². The van der Waals surface area contributed by atoms with Gasteiger partial charge < -0.3 is 29.0 Å². The molecule has 0 bridgehead atoms. The highest BCUT2D eigenvalue weighted by molar-refractivity contribution is 5.67. The zero-order valence-electron chi connectivity index (χ0n) is 22.1. The van der Waals surface area contributed by atoms with Crippen molar-refractivity contribution in [3.05, 3.63) is 0 Å². The molecule has 0 aliphatic heterocycles. The third-order valence-electron chi connectivity index (χ3n) is 4.92. The molecule has 0 rings (SSSR count). The van der Waals surface area contributed by atoms with Crippen molar-refractivity contribution in [1.82, 2.24) is 5.32 Å². The minimum atomic E-state index is -0.487. The fourth-order valence-corrected chi connectivity index (χ4v) is 3.17. The van der Waals surface area contributed by atoms with Gasteiger partial charge in [0.2, 0.25) is 0 Å². The molecule has 0 heterocycles. The fourth-order valence-electron chi connectivity index (χ4n) is 3.17. The van der Waals surface area contributed by atoms with Crippen LogP contribution in [0.4, 0.5) is 4.79 Å². The van der Waals surface area contributed by atoms with Gasteiger partial charge in [-0.2, -0.15) is 0 Å². The topological polar surface area (TPSA) is 75.3 Å². The van der Waals surface area contributed by atoms with E-state index >= 15 is 0 Å². The van der Waals surface area contributed by atoms with Crippen LogP contribution in [0.5, 0.6) is 0 Å². The molecule has 0 radical (unpaired) electrons. The Morgan fingerprint density at radius 3 is 1.42 bits per heavy atom. The second kappa shape index (κ2) is 24.2. The SMILES string of the molecule is CCCCCCCCCCCCCOCCOCCOCCOCCNC(=O)OC(C)(C)C. The molecule has 0 aromatic rings. The van der Waals surface area contributed by atoms with Gasteiger partial charge in [-0.1, -0.05) is 71.1 Å². The van der Waals surface area contributed by atoms with E-state index in [1.54, 1.807) is 0 Å². The molecule has 0 unspecified atom stereocenters. The molecule has 7 heteroatoms. The van der Waals surface area contributed by atoms with Crippen molar-refractivity contribution in [2.24, 2.45) is 0 Å². The van der Waals surface area contributed by atoms with Crippen LogP contribution in [0.15, 0.2) is 0 Å². The van der Waals surface area contributed by atoms with Crippen LogP contribution in [0.1, 0.15) is 98.3 Å². The van der Waals surface area contributed by atoms with Gasteiger partial charge in [-0.25, -0.2) is 4.79 Å². The Hall–Kier alpha value is -0.890. The van der Waals surface area contributed by atoms with Gasteiger partial charge in [0.1, 0.15) is 5.60 Å². The van der Waals surface area contributed by atoms with Gasteiger partial charge in [-0.05, 0) is 27.2 Å². The summed E-state index contributed by atoms with van der Waals surface area (Å²) in [6, 6.07) is 0. The first kappa shape index (κ1) is 32.1. The molecule has 0 aliphatic rings. The van der Waals surface area contributed by atoms with E-state index in [4.69, 9.17) is 23.7 Å². The summed E-state index contributed by atoms with van der Waals surface area (Å²) in [4.78, 5) is 11.4. The maximum absolute atomic E-state index is 11.4. The molecule has 1 N–H and O–H groups in total. The summed E-state index contributed by atoms with van der Waals surface area (Å²) >= 11 is 0. The maximum Gasteiger partial charge on any atom is 0.407 e. The van der Waals surface area contributed by atoms with Gasteiger partial charge >= 0.3 is 6.09 Å². The second-order valence-electron chi connectivity index (χ2n) is 9.41. The van der Waals surface area contributed by atoms with Crippen LogP contribution in [0.2, 0.25) is 0 Å². The van der Waals surface area contributed by atoms with E-state index in [9.17, 15) is 4.79 Å². The molecule has 0 atom stereocenters. The maximum atomic E-state index is 11.4. The number of nitrogens with one attached hydrogen (secondary N) is 1. The van der Waals surface area contributed by atoms with E-state index in [0.717, 1.165) is 13.0 Å². The van der Waals surface area contributed by atoms with Gasteiger partial charge in [0, 0.05) is 13.2 Å². The Balaban J connectivity index is 3.10. The minimum Gasteiger partial charge on any atom is -0.444 e. The highest BCUT2D eigenvalue weighted by atomic mass is 16.6. The van der Waals surface area contributed by atoms with Crippen molar-refractivity contribution in [2.75, 3.05) is 59.4 Å². The Bertz CT molecular complexity index is 414. The summed E-state index contributed by atoms with van der Waals surface area (Å²) in [5.41, 5.74) is -0.487. The summed E-state index contributed by atoms with van der Waals surface area (Å²) in [5.74, 6) is 0. The fraction of sp³-hybridized carbons (Fsp3) is 0.962. The van der Waals surface area contributed by atoms with Gasteiger partial charge in [0.25, 0.3) is 0 Å². The number of rotatable bonds is 24. The van der Waals surface area contributed by atoms with Crippen molar-refractivity contribution >= 4 is 6.09 Å². The van der Waals surface area contributed by atoms with Crippen molar-refractivity contribution in [2.45, 2.75) is 104 Å². The van der Waals surface area contributed by atoms with Gasteiger partial charge in [-0.3, -0.25) is 0 Å². The lowest BCUT2D eigenvalue weighted by molar-refractivity contribution is -0.00214. The molecule has 33 heavy (non-hydrogen) atoms. The molecular weight excluding hydrogens is 422 g/mol. The molecule has 0 aromatic carbocycles. The van der Waals surface area contributed by atoms with E-state index in [1.165, 1.54) is 64.2 Å². The van der Waals surface area contributed by atoms with Crippen molar-refractivity contribution in [3.8, 4) is 0 Å². The van der Waals surface area contributed by atoms with E-state index in [2.05, 4.69) is 12.2 Å². The Morgan fingerprint density at radius 1 is 0.576 bits per heavy atom. The third-order valence-corrected chi connectivity index (χ3v) is 4.92. The predicted molar refractivity (Wildman–Crippen MR) is 134 cm³/mol. The van der Waals surface area contributed by atoms with Crippen LogP contribution in [-0.4, -0.2) is 71.1 Å². The smallest absolute Gasteiger partial charge is 0.407 e. The minimum absolute atomic E-state index is 0.414. The molecule has 0 saturated heterocycles. The Labute approximate surface area is 203 Å². The van der Waals surface area contributed by atoms with E-state index in [0.29, 0.717) is 52.8 Å². The quantitative estimate of drug-likeness (QED) is 0.175. The summed E-state index contributed by atoms with van der Waals surface area (Å²) in [6.45, 7) is 12.8. The lowest BCUT2D eigenvalue weighted by Crippen LogP contribution is -2.34. The van der Waals surface area contributed by atoms with Gasteiger partial charge in [0.15, 0.2) is 0 Å². The summed E-state index contributed by atoms with van der Waals surface area (Å²) in [7, 11) is 0. The highest BCUT2D eigenvalue weighted by Gasteiger charge is 2.15. The zero-order chi connectivity index (χ0) is 24.5. The first-order valence-corrected chi connectivity index (χ1v) is 13.2. The summed E-state index contributed by atoms with van der Waals surface area (Å²) in [5, 5.41) is 2.64. The average molecular weight is 476 g/mol. The molecule has 0 aromatic heterocycles. The lowest BCUT2D eigenvalue weighted by atomic mass is 10.1. The molecular formula is C26H53NO6. The van der Waals surface area contributed by atoms with E-state index in [-0.39, 0.29) is 0 Å². The normalized spacial score (nSPS) is 11.6. The predicted octanol–water partition coefficient (Wildman–Crippen LogP) is 5.89. The Kier molecular flexibility index (Phi) is 23.6. The molecule has 0 spiro atoms. The molecule has 0 aliphatic carbocycles. The second-order valence-corrected chi connectivity index (χ2v) is 9.41. The number of ether oxygens (including phenoxy) is 5. The number of amides is 1. The molecule has 0 fully saturated rings. The average Bonchev–Trinajstić information content (AvgIpc) is 2.75. The number of carbonyl (C=O) groups excluding carboxylic acids is 1. The molecule has 198 valence electrons. The summed E-state index contributed by atoms with van der Waals surface area (Å²) in [6.07, 6.45) is 14.4. The van der Waals surface area contributed by atoms with Crippen LogP contribution in [-0.2, 0) is 23.7 Å². The van der Waals surface area contributed by atoms with Crippen LogP contribution < -0.4 is 5.32 Å². The highest BCUT2D eigenvalue weighted by Crippen LogP contribution is 2.11. The van der Waals surface area contributed by atoms with Crippen molar-refractivity contribution in [3.63, 3.8) is 0 Å². The van der Waals surface area contributed by atoms with Crippen molar-refractivity contribution in [1.29, 1.82) is 0 Å². The number of hydrogen-bond donors (Lipinski definition) is 1. The number of carbonyl (C=O) groups is 1. The standard InChI is InChI=1S/C26H53NO6/c1-5-6-7-8-9-10-11-12-13-14-15-17-29-19-21-31-23-24-32-22-20-30-18-16-27-25(28)33-26(2,3)4/h5-24H2,1-4H3,(H,27,28). The first-order valence-electron chi connectivity index (χ1n) is 13.2.